The average molecular weight is 1110 g/mol. The van der Waals surface area contributed by atoms with E-state index in [4.69, 9.17) is 0 Å². The van der Waals surface area contributed by atoms with Crippen LogP contribution in [-0.2, 0) is 19.3 Å². The van der Waals surface area contributed by atoms with Gasteiger partial charge in [0.05, 0.1) is 0 Å². The maximum absolute atomic E-state index is 2.48. The average Bonchev–Trinajstić information content (AvgIpc) is 2.79. The third kappa shape index (κ3) is 10.1. The molecule has 6 unspecified atom stereocenters. The van der Waals surface area contributed by atoms with Gasteiger partial charge in [0, 0.05) is 0 Å². The first-order valence-electron chi connectivity index (χ1n) is 33.2. The summed E-state index contributed by atoms with van der Waals surface area (Å²) in [4.78, 5) is 0. The second-order valence-electron chi connectivity index (χ2n) is 29.1. The normalized spacial score (nSPS) is 20.2. The summed E-state index contributed by atoms with van der Waals surface area (Å²) in [6.07, 6.45) is 16.0. The van der Waals surface area contributed by atoms with Crippen molar-refractivity contribution in [3.63, 3.8) is 0 Å². The maximum Gasteiger partial charge on any atom is -0.000778 e. The Balaban J connectivity index is 0.000000134. The summed E-state index contributed by atoms with van der Waals surface area (Å²) >= 11 is 0. The van der Waals surface area contributed by atoms with Gasteiger partial charge in [-0.2, -0.15) is 0 Å². The highest BCUT2D eigenvalue weighted by Crippen LogP contribution is 2.54. The third-order valence-corrected chi connectivity index (χ3v) is 25.7. The van der Waals surface area contributed by atoms with Crippen molar-refractivity contribution >= 4 is 21.5 Å². The first-order valence-corrected chi connectivity index (χ1v) is 33.2. The van der Waals surface area contributed by atoms with Crippen LogP contribution in [0.5, 0.6) is 0 Å². The van der Waals surface area contributed by atoms with Crippen LogP contribution in [0.15, 0.2) is 0 Å². The topological polar surface area (TPSA) is 0 Å². The maximum atomic E-state index is 2.48. The molecule has 3 saturated carbocycles. The molecule has 0 heterocycles. The zero-order valence-electron chi connectivity index (χ0n) is 58.2. The number of hydrogen-bond acceptors (Lipinski definition) is 0. The van der Waals surface area contributed by atoms with Crippen molar-refractivity contribution in [2.24, 2.45) is 35.5 Å². The van der Waals surface area contributed by atoms with Gasteiger partial charge in [0.1, 0.15) is 0 Å². The molecule has 0 spiro atoms. The molecule has 12 rings (SSSR count). The molecule has 6 atom stereocenters. The summed E-state index contributed by atoms with van der Waals surface area (Å²) in [6, 6.07) is 0. The zero-order valence-corrected chi connectivity index (χ0v) is 58.2. The molecule has 7 aromatic rings. The molecular formula is C83H112. The van der Waals surface area contributed by atoms with E-state index in [1.54, 1.807) is 71.9 Å². The van der Waals surface area contributed by atoms with E-state index in [1.807, 2.05) is 0 Å². The first kappa shape index (κ1) is 62.6. The van der Waals surface area contributed by atoms with Gasteiger partial charge in [0.2, 0.25) is 0 Å². The van der Waals surface area contributed by atoms with Crippen LogP contribution in [0.3, 0.4) is 0 Å². The minimum atomic E-state index is 1.03. The van der Waals surface area contributed by atoms with Crippen LogP contribution < -0.4 is 0 Å². The largest absolute Gasteiger partial charge is 0.0625 e. The Morgan fingerprint density at radius 1 is 0.205 bits per heavy atom. The number of fused-ring (bicyclic) bond motifs is 12. The van der Waals surface area contributed by atoms with Gasteiger partial charge >= 0.3 is 0 Å². The van der Waals surface area contributed by atoms with Crippen molar-refractivity contribution in [3.8, 4) is 22.3 Å². The van der Waals surface area contributed by atoms with Crippen molar-refractivity contribution in [3.05, 3.63) is 167 Å². The van der Waals surface area contributed by atoms with E-state index < -0.39 is 0 Å². The SMILES string of the molecule is CC1CCC2C(CCC3CC(C)CCC32)C1.Cc1c(C)c(C)c2c(c1C)CCc1c(C)c(C)c(C)c(C)c1-2.Cc1c(C)c(C)c2c(c1C)Cc1c(C)c(C)c(C)c(C)c1-2.Cc1c(C)c(C)c2c(c1C)c(C)c(C)c1c(C)c(C)c(C)c(C)c12. The van der Waals surface area contributed by atoms with Crippen LogP contribution in [0.4, 0.5) is 0 Å². The van der Waals surface area contributed by atoms with Gasteiger partial charge in [-0.15, -0.1) is 0 Å². The molecule has 7 aromatic carbocycles. The zero-order chi connectivity index (χ0) is 61.2. The van der Waals surface area contributed by atoms with Crippen molar-refractivity contribution in [2.75, 3.05) is 0 Å². The molecule has 0 nitrogen and oxygen atoms in total. The van der Waals surface area contributed by atoms with Crippen LogP contribution >= 0.6 is 0 Å². The van der Waals surface area contributed by atoms with Gasteiger partial charge in [0.25, 0.3) is 0 Å². The summed E-state index contributed by atoms with van der Waals surface area (Å²) in [6.45, 7) is 64.6. The van der Waals surface area contributed by atoms with E-state index in [1.165, 1.54) is 203 Å². The quantitative estimate of drug-likeness (QED) is 0.133. The van der Waals surface area contributed by atoms with Gasteiger partial charge in [-0.05, 0) is 484 Å². The van der Waals surface area contributed by atoms with Crippen LogP contribution in [0.2, 0.25) is 0 Å². The van der Waals surface area contributed by atoms with Crippen molar-refractivity contribution in [1.82, 2.24) is 0 Å². The molecule has 0 bridgehead atoms. The monoisotopic (exact) mass is 1110 g/mol. The molecule has 0 amide bonds. The van der Waals surface area contributed by atoms with E-state index in [-0.39, 0.29) is 0 Å². The van der Waals surface area contributed by atoms with E-state index in [9.17, 15) is 0 Å². The molecule has 5 aliphatic carbocycles. The van der Waals surface area contributed by atoms with Gasteiger partial charge in [0.15, 0.2) is 0 Å². The first-order chi connectivity index (χ1) is 38.9. The van der Waals surface area contributed by atoms with Crippen molar-refractivity contribution in [2.45, 2.75) is 264 Å². The molecule has 83 heavy (non-hydrogen) atoms. The van der Waals surface area contributed by atoms with Crippen LogP contribution in [0.25, 0.3) is 43.8 Å². The number of hydrogen-bond donors (Lipinski definition) is 0. The van der Waals surface area contributed by atoms with E-state index >= 15 is 0 Å². The fourth-order valence-corrected chi connectivity index (χ4v) is 18.2. The molecule has 0 saturated heterocycles. The Kier molecular flexibility index (Phi) is 17.6. The summed E-state index contributed by atoms with van der Waals surface area (Å²) < 4.78 is 0. The Hall–Kier alpha value is -4.94. The molecule has 0 N–H and O–H groups in total. The van der Waals surface area contributed by atoms with Crippen LogP contribution in [-0.4, -0.2) is 0 Å². The fraction of sp³-hybridized carbons (Fsp3) is 0.542. The van der Waals surface area contributed by atoms with Gasteiger partial charge in [-0.3, -0.25) is 0 Å². The fourth-order valence-electron chi connectivity index (χ4n) is 18.2. The molecule has 3 fully saturated rings. The number of aryl methyl sites for hydroxylation is 6. The molecule has 444 valence electrons. The Labute approximate surface area is 507 Å². The lowest BCUT2D eigenvalue weighted by atomic mass is 9.55. The Morgan fingerprint density at radius 2 is 0.422 bits per heavy atom. The molecule has 0 aromatic heterocycles. The summed E-state index contributed by atoms with van der Waals surface area (Å²) in [5.41, 5.74) is 50.7. The van der Waals surface area contributed by atoms with Crippen LogP contribution in [0, 0.1) is 216 Å². The third-order valence-electron chi connectivity index (χ3n) is 25.7. The standard InChI is InChI=1S/C24H30.C22H28.C21H26.C16H28/c1-11-13(3)17(7)23-21(15(11)5)19(9)20(10)22-16(6)12(2)14(4)18(8)24(22)23;1-11-13(3)17(7)21-19(15(11)5)9-10-20-16(6)12(2)14(4)18(8)22(20)21;1-10-12(3)16(7)20-18(14(10)5)9-19-15(6)11(2)13(4)17(8)21(19)20;1-11-3-7-15-13(9-11)5-6-14-10-12(2)4-8-16(14)15/h1-10H3;9-10H2,1-8H3;9H2,1-8H3;11-16H,3-10H2,1-2H3. The van der Waals surface area contributed by atoms with Crippen LogP contribution in [0.1, 0.15) is 232 Å². The van der Waals surface area contributed by atoms with Crippen molar-refractivity contribution < 1.29 is 0 Å². The molecule has 5 aliphatic rings. The molecule has 0 aliphatic heterocycles. The van der Waals surface area contributed by atoms with E-state index in [2.05, 4.69) is 194 Å². The van der Waals surface area contributed by atoms with E-state index in [0.717, 1.165) is 41.9 Å². The Bertz CT molecular complexity index is 3570. The highest BCUT2D eigenvalue weighted by molar-refractivity contribution is 6.16. The minimum absolute atomic E-state index is 1.03. The predicted octanol–water partition coefficient (Wildman–Crippen LogP) is 23.6. The predicted molar refractivity (Wildman–Crippen MR) is 368 cm³/mol. The van der Waals surface area contributed by atoms with Gasteiger partial charge < -0.3 is 0 Å². The number of benzene rings is 7. The highest BCUT2D eigenvalue weighted by atomic mass is 14.5. The van der Waals surface area contributed by atoms with Gasteiger partial charge in [-0.25, -0.2) is 0 Å². The Morgan fingerprint density at radius 3 is 0.711 bits per heavy atom. The number of rotatable bonds is 0. The summed E-state index contributed by atoms with van der Waals surface area (Å²) in [5, 5.41) is 5.92. The second-order valence-corrected chi connectivity index (χ2v) is 29.1. The lowest BCUT2D eigenvalue weighted by Crippen LogP contribution is -2.40. The molecule has 0 radical (unpaired) electrons. The summed E-state index contributed by atoms with van der Waals surface area (Å²) in [5.74, 6) is 6.59. The van der Waals surface area contributed by atoms with Crippen molar-refractivity contribution in [1.29, 1.82) is 0 Å². The summed E-state index contributed by atoms with van der Waals surface area (Å²) in [7, 11) is 0. The minimum Gasteiger partial charge on any atom is -0.0625 e. The molecule has 0 heteroatoms. The highest BCUT2D eigenvalue weighted by Gasteiger charge is 2.43. The van der Waals surface area contributed by atoms with Gasteiger partial charge in [-0.1, -0.05) is 26.7 Å². The molecular weight excluding hydrogens is 997 g/mol. The lowest BCUT2D eigenvalue weighted by Gasteiger charge is -2.50. The lowest BCUT2D eigenvalue weighted by molar-refractivity contribution is 0.00266. The smallest absolute Gasteiger partial charge is 0.000778 e. The second kappa shape index (κ2) is 23.4. The van der Waals surface area contributed by atoms with E-state index in [0.29, 0.717) is 0 Å².